The van der Waals surface area contributed by atoms with Crippen molar-refractivity contribution in [3.63, 3.8) is 0 Å². The molecule has 0 radical (unpaired) electrons. The second-order valence-corrected chi connectivity index (χ2v) is 3.46. The molecule has 0 aliphatic carbocycles. The van der Waals surface area contributed by atoms with E-state index in [1.807, 2.05) is 24.3 Å². The van der Waals surface area contributed by atoms with Gasteiger partial charge in [0.05, 0.1) is 13.2 Å². The molecule has 2 rings (SSSR count). The predicted octanol–water partition coefficient (Wildman–Crippen LogP) is 1.70. The second kappa shape index (κ2) is 17.0. The number of benzene rings is 1. The first kappa shape index (κ1) is 25.0. The minimum atomic E-state index is 0. The topological polar surface area (TPSA) is 98.0 Å². The molecule has 1 aromatic rings. The van der Waals surface area contributed by atoms with Gasteiger partial charge in [0, 0.05) is 35.5 Å². The molecule has 7 heteroatoms. The maximum Gasteiger partial charge on any atom is 0 e. The Morgan fingerprint density at radius 3 is 2.18 bits per heavy atom. The Labute approximate surface area is 139 Å². The van der Waals surface area contributed by atoms with Gasteiger partial charge in [0.25, 0.3) is 0 Å². The summed E-state index contributed by atoms with van der Waals surface area (Å²) in [6, 6.07) is 7.77. The molecule has 0 fully saturated rings. The van der Waals surface area contributed by atoms with Crippen molar-refractivity contribution in [2.45, 2.75) is 12.5 Å². The molecule has 1 aliphatic heterocycles. The van der Waals surface area contributed by atoms with Crippen LogP contribution in [0.5, 0.6) is 5.75 Å². The zero-order valence-electron chi connectivity index (χ0n) is 11.7. The van der Waals surface area contributed by atoms with Gasteiger partial charge in [-0.15, -0.1) is 0 Å². The zero-order chi connectivity index (χ0) is 16.7. The van der Waals surface area contributed by atoms with Gasteiger partial charge in [0.1, 0.15) is 5.75 Å². The number of methoxy groups -OCH3 is 1. The van der Waals surface area contributed by atoms with E-state index < -0.39 is 0 Å². The third-order valence-corrected chi connectivity index (χ3v) is 2.49. The molecule has 1 aliphatic rings. The molecule has 1 heterocycles. The van der Waals surface area contributed by atoms with Gasteiger partial charge in [-0.2, -0.15) is 0 Å². The molecule has 1 aromatic carbocycles. The number of nitrogens with one attached hydrogen (secondary N) is 1. The van der Waals surface area contributed by atoms with Crippen LogP contribution in [0.4, 0.5) is 0 Å². The van der Waals surface area contributed by atoms with Crippen molar-refractivity contribution < 1.29 is 40.8 Å². The molecule has 6 nitrogen and oxygen atoms in total. The molecule has 114 valence electrons. The van der Waals surface area contributed by atoms with Crippen molar-refractivity contribution in [2.75, 3.05) is 7.11 Å². The fourth-order valence-electron chi connectivity index (χ4n) is 1.74. The summed E-state index contributed by atoms with van der Waals surface area (Å²) in [6.45, 7) is 13.5. The van der Waals surface area contributed by atoms with Crippen molar-refractivity contribution in [3.8, 4) is 5.75 Å². The Balaban J connectivity index is -0.000000463. The maximum absolute atomic E-state index is 11.3. The van der Waals surface area contributed by atoms with E-state index in [1.54, 1.807) is 19.4 Å². The van der Waals surface area contributed by atoms with Crippen LogP contribution in [-0.2, 0) is 36.1 Å². The van der Waals surface area contributed by atoms with Gasteiger partial charge in [0.15, 0.2) is 5.78 Å². The van der Waals surface area contributed by atoms with Crippen LogP contribution in [0, 0.1) is 20.0 Å². The van der Waals surface area contributed by atoms with Crippen LogP contribution in [0.2, 0.25) is 0 Å². The molecular weight excluding hydrogens is 326 g/mol. The number of ketones is 1. The van der Waals surface area contributed by atoms with Crippen LogP contribution < -0.4 is 10.1 Å². The fourth-order valence-corrected chi connectivity index (χ4v) is 1.74. The summed E-state index contributed by atoms with van der Waals surface area (Å²) < 4.78 is 27.8. The zero-order valence-corrected chi connectivity index (χ0v) is 13.0. The third-order valence-electron chi connectivity index (χ3n) is 2.49. The molecule has 0 saturated carbocycles. The number of para-hydroxylation sites is 1. The molecule has 0 aromatic heterocycles. The maximum atomic E-state index is 11.3. The van der Waals surface area contributed by atoms with Crippen LogP contribution in [0.25, 0.3) is 0 Å². The summed E-state index contributed by atoms with van der Waals surface area (Å²) in [7, 11) is 1.64. The minimum Gasteiger partial charge on any atom is 0 e. The SMILES string of the molecule is COc1ccccc1[C@H]1CC(=O)C=CN1.[C-]#[O+].[C-]#[O+].[C-]#[O+].[Cr]. The van der Waals surface area contributed by atoms with E-state index in [0.29, 0.717) is 6.42 Å². The average molecular weight is 339 g/mol. The third kappa shape index (κ3) is 8.31. The van der Waals surface area contributed by atoms with Crippen molar-refractivity contribution >= 4 is 5.78 Å². The van der Waals surface area contributed by atoms with E-state index in [4.69, 9.17) is 18.7 Å². The van der Waals surface area contributed by atoms with Gasteiger partial charge in [-0.1, -0.05) is 18.2 Å². The number of rotatable bonds is 2. The van der Waals surface area contributed by atoms with Gasteiger partial charge in [-0.25, -0.2) is 0 Å². The Morgan fingerprint density at radius 2 is 1.68 bits per heavy atom. The Bertz CT molecular complexity index is 508. The average Bonchev–Trinajstić information content (AvgIpc) is 2.60. The summed E-state index contributed by atoms with van der Waals surface area (Å²) in [5.74, 6) is 0.961. The van der Waals surface area contributed by atoms with Crippen molar-refractivity contribution in [3.05, 3.63) is 62.1 Å². The molecule has 1 atom stereocenters. The first-order chi connectivity index (χ1) is 10.3. The normalized spacial score (nSPS) is 13.8. The Kier molecular flexibility index (Phi) is 19.3. The second-order valence-electron chi connectivity index (χ2n) is 3.46. The van der Waals surface area contributed by atoms with E-state index >= 15 is 0 Å². The molecule has 0 saturated heterocycles. The van der Waals surface area contributed by atoms with Crippen molar-refractivity contribution in [1.29, 1.82) is 0 Å². The first-order valence-electron chi connectivity index (χ1n) is 5.51. The molecular formula is C15H13CrNO5. The molecule has 0 bridgehead atoms. The largest absolute Gasteiger partial charge is 0 e. The summed E-state index contributed by atoms with van der Waals surface area (Å²) in [5, 5.41) is 3.16. The summed E-state index contributed by atoms with van der Waals surface area (Å²) in [6.07, 6.45) is 3.74. The summed E-state index contributed by atoms with van der Waals surface area (Å²) >= 11 is 0. The van der Waals surface area contributed by atoms with E-state index in [-0.39, 0.29) is 29.2 Å². The minimum absolute atomic E-state index is 0. The van der Waals surface area contributed by atoms with Gasteiger partial charge in [0.2, 0.25) is 0 Å². The standard InChI is InChI=1S/C12H13NO2.3CO.Cr/c1-15-12-5-3-2-4-10(12)11-8-9(14)6-7-13-11;3*1-2;/h2-7,11,13H,8H2,1H3;;;;/t11-;;;;/m1..../s1. The van der Waals surface area contributed by atoms with Crippen LogP contribution in [-0.4, -0.2) is 12.9 Å². The molecule has 0 amide bonds. The number of carbonyl (C=O) groups is 1. The number of hydrogen-bond acceptors (Lipinski definition) is 3. The van der Waals surface area contributed by atoms with Crippen molar-refractivity contribution in [1.82, 2.24) is 5.32 Å². The van der Waals surface area contributed by atoms with Gasteiger partial charge in [-0.3, -0.25) is 4.79 Å². The van der Waals surface area contributed by atoms with Crippen LogP contribution in [0.1, 0.15) is 18.0 Å². The predicted molar refractivity (Wildman–Crippen MR) is 69.4 cm³/mol. The molecule has 0 unspecified atom stereocenters. The molecule has 0 spiro atoms. The Hall–Kier alpha value is -2.02. The fraction of sp³-hybridized carbons (Fsp3) is 0.200. The number of hydrogen-bond donors (Lipinski definition) is 1. The summed E-state index contributed by atoms with van der Waals surface area (Å²) in [4.78, 5) is 11.3. The number of carbonyl (C=O) groups excluding carboxylic acids is 1. The van der Waals surface area contributed by atoms with E-state index in [2.05, 4.69) is 25.3 Å². The monoisotopic (exact) mass is 339 g/mol. The number of ether oxygens (including phenoxy) is 1. The quantitative estimate of drug-likeness (QED) is 0.656. The van der Waals surface area contributed by atoms with Crippen LogP contribution >= 0.6 is 0 Å². The number of allylic oxidation sites excluding steroid dienone is 1. The molecule has 22 heavy (non-hydrogen) atoms. The van der Waals surface area contributed by atoms with E-state index in [9.17, 15) is 4.79 Å². The van der Waals surface area contributed by atoms with Gasteiger partial charge in [-0.05, 0) is 12.1 Å². The van der Waals surface area contributed by atoms with Crippen molar-refractivity contribution in [2.24, 2.45) is 0 Å². The Morgan fingerprint density at radius 1 is 1.14 bits per heavy atom. The molecule has 1 N–H and O–H groups in total. The van der Waals surface area contributed by atoms with Gasteiger partial charge < -0.3 is 10.1 Å². The van der Waals surface area contributed by atoms with Crippen LogP contribution in [0.3, 0.4) is 0 Å². The van der Waals surface area contributed by atoms with E-state index in [1.165, 1.54) is 0 Å². The summed E-state index contributed by atoms with van der Waals surface area (Å²) in [5.41, 5.74) is 1.03. The van der Waals surface area contributed by atoms with Crippen LogP contribution in [0.15, 0.2) is 36.5 Å². The first-order valence-corrected chi connectivity index (χ1v) is 5.51. The van der Waals surface area contributed by atoms with E-state index in [0.717, 1.165) is 11.3 Å². The van der Waals surface area contributed by atoms with Gasteiger partial charge >= 0.3 is 33.9 Å². The smallest absolute Gasteiger partial charge is 0 e.